The molecule has 0 aliphatic heterocycles. The van der Waals surface area contributed by atoms with Crippen molar-refractivity contribution >= 4 is 5.97 Å². The first-order chi connectivity index (χ1) is 15.7. The Kier molecular flexibility index (Phi) is 6.69. The Bertz CT molecular complexity index is 1170. The number of aromatic nitrogens is 6. The molecule has 164 valence electrons. The van der Waals surface area contributed by atoms with Gasteiger partial charge in [-0.1, -0.05) is 61.9 Å². The lowest BCUT2D eigenvalue weighted by molar-refractivity contribution is 0.0518. The van der Waals surface area contributed by atoms with Gasteiger partial charge in [0.2, 0.25) is 0 Å². The van der Waals surface area contributed by atoms with E-state index in [9.17, 15) is 4.79 Å². The number of nitrogens with one attached hydrogen (secondary N) is 2. The van der Waals surface area contributed by atoms with Crippen LogP contribution in [0.1, 0.15) is 54.0 Å². The molecule has 0 spiro atoms. The fourth-order valence-electron chi connectivity index (χ4n) is 3.74. The van der Waals surface area contributed by atoms with Gasteiger partial charge in [-0.3, -0.25) is 5.10 Å². The second-order valence-electron chi connectivity index (χ2n) is 7.52. The summed E-state index contributed by atoms with van der Waals surface area (Å²) in [5.41, 5.74) is 6.43. The fourth-order valence-corrected chi connectivity index (χ4v) is 3.74. The van der Waals surface area contributed by atoms with E-state index in [4.69, 9.17) is 4.74 Å². The summed E-state index contributed by atoms with van der Waals surface area (Å²) in [6.45, 7) is 4.28. The molecule has 4 aromatic rings. The highest BCUT2D eigenvalue weighted by molar-refractivity contribution is 5.89. The smallest absolute Gasteiger partial charge is 0.356 e. The monoisotopic (exact) mass is 430 g/mol. The van der Waals surface area contributed by atoms with E-state index in [1.54, 1.807) is 6.92 Å². The topological polar surface area (TPSA) is 109 Å². The largest absolute Gasteiger partial charge is 0.461 e. The first kappa shape index (κ1) is 21.4. The number of aryl methyl sites for hydroxylation is 1. The number of tetrazole rings is 1. The van der Waals surface area contributed by atoms with E-state index in [0.29, 0.717) is 24.5 Å². The van der Waals surface area contributed by atoms with E-state index in [1.807, 2.05) is 24.3 Å². The van der Waals surface area contributed by atoms with Crippen molar-refractivity contribution < 1.29 is 9.53 Å². The zero-order valence-electron chi connectivity index (χ0n) is 18.3. The summed E-state index contributed by atoms with van der Waals surface area (Å²) in [4.78, 5) is 12.4. The number of unbranched alkanes of at least 4 members (excludes halogenated alkanes) is 1. The van der Waals surface area contributed by atoms with Crippen LogP contribution in [0.2, 0.25) is 0 Å². The van der Waals surface area contributed by atoms with Crippen molar-refractivity contribution in [3.05, 3.63) is 71.0 Å². The maximum atomic E-state index is 12.4. The Hall–Kier alpha value is -3.81. The lowest BCUT2D eigenvalue weighted by atomic mass is 9.95. The van der Waals surface area contributed by atoms with Gasteiger partial charge in [-0.2, -0.15) is 5.10 Å². The van der Waals surface area contributed by atoms with Gasteiger partial charge in [-0.05, 0) is 46.9 Å². The van der Waals surface area contributed by atoms with Gasteiger partial charge in [0, 0.05) is 17.5 Å². The second kappa shape index (κ2) is 10.00. The average Bonchev–Trinajstić information content (AvgIpc) is 3.49. The molecule has 0 aliphatic carbocycles. The molecule has 2 aromatic carbocycles. The number of carbonyl (C=O) groups excluding carboxylic acids is 1. The van der Waals surface area contributed by atoms with Crippen LogP contribution in [0.4, 0.5) is 0 Å². The summed E-state index contributed by atoms with van der Waals surface area (Å²) in [5, 5.41) is 21.6. The maximum absolute atomic E-state index is 12.4. The highest BCUT2D eigenvalue weighted by atomic mass is 16.5. The van der Waals surface area contributed by atoms with E-state index in [1.165, 1.54) is 0 Å². The number of rotatable bonds is 9. The molecule has 32 heavy (non-hydrogen) atoms. The average molecular weight is 431 g/mol. The molecule has 0 aliphatic rings. The van der Waals surface area contributed by atoms with Gasteiger partial charge in [0.1, 0.15) is 5.69 Å². The third kappa shape index (κ3) is 4.59. The number of esters is 1. The summed E-state index contributed by atoms with van der Waals surface area (Å²) >= 11 is 0. The number of benzene rings is 2. The van der Waals surface area contributed by atoms with Gasteiger partial charge in [0.15, 0.2) is 5.82 Å². The molecule has 0 bridgehead atoms. The van der Waals surface area contributed by atoms with E-state index in [-0.39, 0.29) is 5.97 Å². The number of ether oxygens (including phenoxy) is 1. The second-order valence-corrected chi connectivity index (χ2v) is 7.52. The standard InChI is InChI=1S/C24H26N6O2/c1-3-5-10-21-20(22(26-25-21)24(31)32-4-2)15-16-11-13-17(14-12-16)18-8-6-7-9-19(18)23-27-29-30-28-23/h6-9,11-14H,3-5,10,15H2,1-2H3,(H,25,26)(H,27,28,29,30). The Morgan fingerprint density at radius 2 is 1.78 bits per heavy atom. The Morgan fingerprint density at radius 3 is 2.47 bits per heavy atom. The Balaban J connectivity index is 1.62. The SMILES string of the molecule is CCCCc1n[nH]c(C(=O)OCC)c1Cc1ccc(-c2ccccc2-c2nnn[nH]2)cc1. The molecule has 8 nitrogen and oxygen atoms in total. The lowest BCUT2D eigenvalue weighted by Gasteiger charge is -2.09. The summed E-state index contributed by atoms with van der Waals surface area (Å²) in [7, 11) is 0. The van der Waals surface area contributed by atoms with Gasteiger partial charge in [0.05, 0.1) is 12.3 Å². The lowest BCUT2D eigenvalue weighted by Crippen LogP contribution is -2.09. The van der Waals surface area contributed by atoms with Crippen LogP contribution < -0.4 is 0 Å². The van der Waals surface area contributed by atoms with E-state index in [2.05, 4.69) is 62.0 Å². The molecule has 2 heterocycles. The summed E-state index contributed by atoms with van der Waals surface area (Å²) in [5.74, 6) is 0.270. The van der Waals surface area contributed by atoms with E-state index >= 15 is 0 Å². The Labute approximate surface area is 186 Å². The molecule has 4 rings (SSSR count). The summed E-state index contributed by atoms with van der Waals surface area (Å²) in [6, 6.07) is 16.3. The number of nitrogens with zero attached hydrogens (tertiary/aromatic N) is 4. The number of hydrogen-bond donors (Lipinski definition) is 2. The van der Waals surface area contributed by atoms with Crippen LogP contribution in [-0.2, 0) is 17.6 Å². The normalized spacial score (nSPS) is 10.9. The van der Waals surface area contributed by atoms with Crippen molar-refractivity contribution in [2.24, 2.45) is 0 Å². The van der Waals surface area contributed by atoms with Crippen LogP contribution in [0.15, 0.2) is 48.5 Å². The first-order valence-corrected chi connectivity index (χ1v) is 10.9. The minimum atomic E-state index is -0.357. The van der Waals surface area contributed by atoms with E-state index in [0.717, 1.165) is 52.8 Å². The molecule has 0 amide bonds. The van der Waals surface area contributed by atoms with Gasteiger partial charge < -0.3 is 4.74 Å². The molecule has 0 saturated heterocycles. The van der Waals surface area contributed by atoms with Crippen molar-refractivity contribution in [3.63, 3.8) is 0 Å². The number of H-pyrrole nitrogens is 2. The quantitative estimate of drug-likeness (QED) is 0.382. The third-order valence-corrected chi connectivity index (χ3v) is 5.37. The van der Waals surface area contributed by atoms with Crippen molar-refractivity contribution in [1.82, 2.24) is 30.8 Å². The van der Waals surface area contributed by atoms with Crippen LogP contribution >= 0.6 is 0 Å². The number of aromatic amines is 2. The molecule has 0 saturated carbocycles. The molecular formula is C24H26N6O2. The van der Waals surface area contributed by atoms with Gasteiger partial charge in [-0.15, -0.1) is 5.10 Å². The summed E-state index contributed by atoms with van der Waals surface area (Å²) in [6.07, 6.45) is 3.53. The molecule has 0 unspecified atom stereocenters. The predicted octanol–water partition coefficient (Wildman–Crippen LogP) is 4.37. The predicted molar refractivity (Wildman–Crippen MR) is 121 cm³/mol. The van der Waals surface area contributed by atoms with Crippen LogP contribution in [0.25, 0.3) is 22.5 Å². The van der Waals surface area contributed by atoms with Crippen LogP contribution in [-0.4, -0.2) is 43.4 Å². The number of carbonyl (C=O) groups is 1. The van der Waals surface area contributed by atoms with Gasteiger partial charge >= 0.3 is 5.97 Å². The third-order valence-electron chi connectivity index (χ3n) is 5.37. The van der Waals surface area contributed by atoms with Crippen molar-refractivity contribution in [3.8, 4) is 22.5 Å². The zero-order chi connectivity index (χ0) is 22.3. The molecule has 2 aromatic heterocycles. The summed E-state index contributed by atoms with van der Waals surface area (Å²) < 4.78 is 5.22. The van der Waals surface area contributed by atoms with Crippen LogP contribution in [0, 0.1) is 0 Å². The molecule has 2 N–H and O–H groups in total. The molecule has 0 fully saturated rings. The minimum absolute atomic E-state index is 0.330. The maximum Gasteiger partial charge on any atom is 0.356 e. The molecule has 0 radical (unpaired) electrons. The highest BCUT2D eigenvalue weighted by Gasteiger charge is 2.20. The highest BCUT2D eigenvalue weighted by Crippen LogP contribution is 2.30. The number of hydrogen-bond acceptors (Lipinski definition) is 6. The van der Waals surface area contributed by atoms with E-state index < -0.39 is 0 Å². The van der Waals surface area contributed by atoms with Crippen molar-refractivity contribution in [2.45, 2.75) is 39.5 Å². The van der Waals surface area contributed by atoms with Crippen LogP contribution in [0.5, 0.6) is 0 Å². The first-order valence-electron chi connectivity index (χ1n) is 10.9. The fraction of sp³-hybridized carbons (Fsp3) is 0.292. The molecule has 0 atom stereocenters. The molecule has 8 heteroatoms. The Morgan fingerprint density at radius 1 is 1.00 bits per heavy atom. The zero-order valence-corrected chi connectivity index (χ0v) is 18.3. The van der Waals surface area contributed by atoms with Crippen molar-refractivity contribution in [1.29, 1.82) is 0 Å². The van der Waals surface area contributed by atoms with Gasteiger partial charge in [0.25, 0.3) is 0 Å². The van der Waals surface area contributed by atoms with Crippen molar-refractivity contribution in [2.75, 3.05) is 6.61 Å². The molecular weight excluding hydrogens is 404 g/mol. The minimum Gasteiger partial charge on any atom is -0.461 e. The van der Waals surface area contributed by atoms with Gasteiger partial charge in [-0.25, -0.2) is 9.89 Å². The van der Waals surface area contributed by atoms with Crippen LogP contribution in [0.3, 0.4) is 0 Å².